The van der Waals surface area contributed by atoms with Crippen molar-refractivity contribution in [1.82, 2.24) is 0 Å². The zero-order valence-corrected chi connectivity index (χ0v) is 16.6. The highest BCUT2D eigenvalue weighted by Crippen LogP contribution is 3.02. The summed E-state index contributed by atoms with van der Waals surface area (Å²) in [6.45, 7) is 2.67. The van der Waals surface area contributed by atoms with Gasteiger partial charge < -0.3 is 4.74 Å². The van der Waals surface area contributed by atoms with Crippen LogP contribution in [0, 0.1) is 10.8 Å². The summed E-state index contributed by atoms with van der Waals surface area (Å²) in [5, 5.41) is 0. The monoisotopic (exact) mass is 412 g/mol. The van der Waals surface area contributed by atoms with Crippen LogP contribution in [-0.4, -0.2) is 6.61 Å². The van der Waals surface area contributed by atoms with Gasteiger partial charge in [0, 0.05) is 5.41 Å². The van der Waals surface area contributed by atoms with Crippen LogP contribution in [0.2, 0.25) is 0 Å². The van der Waals surface area contributed by atoms with E-state index in [1.807, 2.05) is 0 Å². The summed E-state index contributed by atoms with van der Waals surface area (Å²) in [5.41, 5.74) is 0.575. The number of hydrogen-bond acceptors (Lipinski definition) is 1. The molecule has 3 aliphatic rings. The van der Waals surface area contributed by atoms with E-state index in [9.17, 15) is 19.4 Å². The fourth-order valence-corrected chi connectivity index (χ4v) is 5.36. The van der Waals surface area contributed by atoms with Crippen molar-refractivity contribution in [2.45, 2.75) is 76.0 Å². The molecule has 1 nitrogen and oxygen atoms in total. The minimum absolute atomic E-state index is 0.0886. The summed E-state index contributed by atoms with van der Waals surface area (Å²) in [4.78, 5) is -1.87. The molecule has 27 heavy (non-hydrogen) atoms. The molecule has 0 spiro atoms. The summed E-state index contributed by atoms with van der Waals surface area (Å²) >= 11 is 0. The van der Waals surface area contributed by atoms with E-state index in [0.29, 0.717) is 24.2 Å². The molecule has 0 aromatic heterocycles. The van der Waals surface area contributed by atoms with Gasteiger partial charge in [-0.05, 0) is 74.6 Å². The predicted molar refractivity (Wildman–Crippen MR) is 100 cm³/mol. The molecule has 4 rings (SSSR count). The lowest BCUT2D eigenvalue weighted by Crippen LogP contribution is -2.44. The quantitative estimate of drug-likeness (QED) is 0.307. The molecular formula is C20H29F5OS. The van der Waals surface area contributed by atoms with Gasteiger partial charge in [-0.2, -0.15) is 0 Å². The van der Waals surface area contributed by atoms with Gasteiger partial charge in [-0.15, -0.1) is 0 Å². The second kappa shape index (κ2) is 6.26. The molecule has 0 atom stereocenters. The van der Waals surface area contributed by atoms with Gasteiger partial charge in [0.2, 0.25) is 0 Å². The average Bonchev–Trinajstić information content (AvgIpc) is 2.60. The lowest BCUT2D eigenvalue weighted by atomic mass is 9.53. The first-order valence-corrected chi connectivity index (χ1v) is 11.8. The van der Waals surface area contributed by atoms with Crippen LogP contribution in [0.15, 0.2) is 29.2 Å². The highest BCUT2D eigenvalue weighted by molar-refractivity contribution is 8.45. The van der Waals surface area contributed by atoms with Crippen molar-refractivity contribution in [2.75, 3.05) is 6.61 Å². The Bertz CT molecular complexity index is 643. The van der Waals surface area contributed by atoms with Crippen molar-refractivity contribution in [1.29, 1.82) is 0 Å². The Morgan fingerprint density at radius 2 is 1.33 bits per heavy atom. The van der Waals surface area contributed by atoms with Crippen LogP contribution in [0.4, 0.5) is 19.4 Å². The van der Waals surface area contributed by atoms with Gasteiger partial charge in [0.1, 0.15) is 10.6 Å². The normalized spacial score (nSPS) is 30.6. The Labute approximate surface area is 158 Å². The van der Waals surface area contributed by atoms with Crippen molar-refractivity contribution < 1.29 is 24.2 Å². The maximum absolute atomic E-state index is 12.8. The summed E-state index contributed by atoms with van der Waals surface area (Å²) in [6.07, 6.45) is 12.0. The first kappa shape index (κ1) is 20.7. The van der Waals surface area contributed by atoms with Gasteiger partial charge >= 0.3 is 10.2 Å². The van der Waals surface area contributed by atoms with Crippen molar-refractivity contribution in [2.24, 2.45) is 10.8 Å². The van der Waals surface area contributed by atoms with E-state index in [1.54, 1.807) is 0 Å². The van der Waals surface area contributed by atoms with E-state index in [4.69, 9.17) is 4.74 Å². The number of rotatable bonds is 8. The molecule has 2 bridgehead atoms. The van der Waals surface area contributed by atoms with Crippen LogP contribution < -0.4 is 4.74 Å². The SMILES string of the molecule is CCCCCC12CCC(COc3ccc(S(F)(F)(F)(F)F)cc3)(CC1)CC2. The molecule has 3 fully saturated rings. The van der Waals surface area contributed by atoms with Gasteiger partial charge in [-0.3, -0.25) is 0 Å². The van der Waals surface area contributed by atoms with E-state index in [-0.39, 0.29) is 11.2 Å². The molecule has 0 unspecified atom stereocenters. The van der Waals surface area contributed by atoms with E-state index in [2.05, 4.69) is 6.92 Å². The van der Waals surface area contributed by atoms with Crippen molar-refractivity contribution in [3.05, 3.63) is 24.3 Å². The Balaban J connectivity index is 1.56. The Kier molecular flexibility index (Phi) is 4.81. The molecule has 0 amide bonds. The molecule has 0 radical (unpaired) electrons. The predicted octanol–water partition coefficient (Wildman–Crippen LogP) is 8.64. The van der Waals surface area contributed by atoms with Crippen molar-refractivity contribution in [3.8, 4) is 5.75 Å². The molecule has 3 aliphatic carbocycles. The number of benzene rings is 1. The average molecular weight is 413 g/mol. The molecule has 3 saturated carbocycles. The van der Waals surface area contributed by atoms with Crippen LogP contribution in [0.1, 0.15) is 71.1 Å². The van der Waals surface area contributed by atoms with Crippen LogP contribution in [0.5, 0.6) is 5.75 Å². The first-order chi connectivity index (χ1) is 12.4. The molecule has 0 heterocycles. The van der Waals surface area contributed by atoms with E-state index in [0.717, 1.165) is 31.4 Å². The number of ether oxygens (including phenoxy) is 1. The smallest absolute Gasteiger partial charge is 0.310 e. The molecule has 1 aromatic rings. The van der Waals surface area contributed by atoms with E-state index >= 15 is 0 Å². The van der Waals surface area contributed by atoms with Crippen LogP contribution in [0.3, 0.4) is 0 Å². The maximum Gasteiger partial charge on any atom is 0.310 e. The third-order valence-corrected chi connectivity index (χ3v) is 7.84. The highest BCUT2D eigenvalue weighted by Gasteiger charge is 2.65. The molecule has 0 saturated heterocycles. The topological polar surface area (TPSA) is 9.23 Å². The Hall–Kier alpha value is -0.980. The number of fused-ring (bicyclic) bond motifs is 3. The van der Waals surface area contributed by atoms with Gasteiger partial charge in [0.15, 0.2) is 0 Å². The van der Waals surface area contributed by atoms with Crippen LogP contribution in [-0.2, 0) is 0 Å². The third kappa shape index (κ3) is 4.90. The zero-order chi connectivity index (χ0) is 19.9. The maximum atomic E-state index is 12.8. The molecule has 7 heteroatoms. The lowest BCUT2D eigenvalue weighted by Gasteiger charge is -2.53. The Morgan fingerprint density at radius 1 is 0.815 bits per heavy atom. The fourth-order valence-electron chi connectivity index (χ4n) is 4.71. The molecule has 156 valence electrons. The first-order valence-electron chi connectivity index (χ1n) is 9.83. The van der Waals surface area contributed by atoms with Gasteiger partial charge in [0.05, 0.1) is 6.61 Å². The highest BCUT2D eigenvalue weighted by atomic mass is 32.5. The minimum Gasteiger partial charge on any atom is -0.493 e. The molecule has 0 aliphatic heterocycles. The standard InChI is InChI=1S/C20H29F5OS/c1-2-3-4-9-19-10-13-20(14-11-19,15-12-19)16-26-17-5-7-18(8-6-17)27(21,22,23,24)25/h5-8H,2-4,9-16H2,1H3. The molecule has 0 N–H and O–H groups in total. The second-order valence-corrected chi connectivity index (χ2v) is 11.1. The number of hydrogen-bond donors (Lipinski definition) is 0. The summed E-state index contributed by atoms with van der Waals surface area (Å²) in [7, 11) is -9.61. The van der Waals surface area contributed by atoms with Gasteiger partial charge in [-0.1, -0.05) is 45.6 Å². The number of unbranched alkanes of at least 4 members (excludes halogenated alkanes) is 2. The minimum atomic E-state index is -9.61. The fraction of sp³-hybridized carbons (Fsp3) is 0.700. The second-order valence-electron chi connectivity index (χ2n) is 8.69. The zero-order valence-electron chi connectivity index (χ0n) is 15.8. The van der Waals surface area contributed by atoms with Crippen molar-refractivity contribution >= 4 is 10.2 Å². The van der Waals surface area contributed by atoms with Crippen molar-refractivity contribution in [3.63, 3.8) is 0 Å². The summed E-state index contributed by atoms with van der Waals surface area (Å²) in [5.74, 6) is 0.223. The van der Waals surface area contributed by atoms with E-state index in [1.165, 1.54) is 44.9 Å². The Morgan fingerprint density at radius 3 is 1.81 bits per heavy atom. The number of halogens is 5. The summed E-state index contributed by atoms with van der Waals surface area (Å²) in [6, 6.07) is 2.86. The lowest BCUT2D eigenvalue weighted by molar-refractivity contribution is -0.0409. The third-order valence-electron chi connectivity index (χ3n) is 6.68. The molecule has 1 aromatic carbocycles. The largest absolute Gasteiger partial charge is 0.493 e. The van der Waals surface area contributed by atoms with Gasteiger partial charge in [0.25, 0.3) is 0 Å². The molecular weight excluding hydrogens is 383 g/mol. The van der Waals surface area contributed by atoms with E-state index < -0.39 is 15.1 Å². The summed E-state index contributed by atoms with van der Waals surface area (Å²) < 4.78 is 69.6. The van der Waals surface area contributed by atoms with Gasteiger partial charge in [-0.25, -0.2) is 0 Å². The van der Waals surface area contributed by atoms with Crippen LogP contribution in [0.25, 0.3) is 0 Å². The van der Waals surface area contributed by atoms with Crippen LogP contribution >= 0.6 is 10.2 Å².